The molecule has 1 spiro atoms. The molecule has 0 radical (unpaired) electrons. The number of carbonyl (C=O) groups excluding carboxylic acids is 3. The zero-order chi connectivity index (χ0) is 39.4. The van der Waals surface area contributed by atoms with Crippen molar-refractivity contribution >= 4 is 23.5 Å². The summed E-state index contributed by atoms with van der Waals surface area (Å²) in [6.45, 7) is 2.02. The number of esters is 1. The summed E-state index contributed by atoms with van der Waals surface area (Å²) in [6, 6.07) is 28.8. The van der Waals surface area contributed by atoms with Crippen molar-refractivity contribution in [1.82, 2.24) is 9.96 Å². The Labute approximate surface area is 327 Å². The zero-order valence-electron chi connectivity index (χ0n) is 31.8. The second-order valence-electron chi connectivity index (χ2n) is 14.4. The lowest BCUT2D eigenvalue weighted by Crippen LogP contribution is -2.54. The number of nitrogens with one attached hydrogen (secondary N) is 1. The number of hydroxylamine groups is 2. The molecule has 7 rings (SSSR count). The zero-order valence-corrected chi connectivity index (χ0v) is 31.8. The van der Waals surface area contributed by atoms with Crippen LogP contribution in [0.1, 0.15) is 78.6 Å². The van der Waals surface area contributed by atoms with Gasteiger partial charge < -0.3 is 25.0 Å². The number of fused-ring (bicyclic) bond motifs is 3. The van der Waals surface area contributed by atoms with Crippen LogP contribution in [0.15, 0.2) is 103 Å². The third-order valence-corrected chi connectivity index (χ3v) is 11.2. The van der Waals surface area contributed by atoms with Gasteiger partial charge in [-0.3, -0.25) is 24.1 Å². The lowest BCUT2D eigenvalue weighted by molar-refractivity contribution is -0.187. The molecule has 56 heavy (non-hydrogen) atoms. The number of rotatable bonds is 12. The molecule has 4 aromatic carbocycles. The molecule has 0 bridgehead atoms. The average Bonchev–Trinajstić information content (AvgIpc) is 3.70. The van der Waals surface area contributed by atoms with Crippen molar-refractivity contribution in [1.29, 1.82) is 0 Å². The molecule has 0 aromatic heterocycles. The summed E-state index contributed by atoms with van der Waals surface area (Å²) < 4.78 is 12.2. The van der Waals surface area contributed by atoms with Crippen molar-refractivity contribution < 1.29 is 38.9 Å². The largest absolute Gasteiger partial charge is 0.491 e. The van der Waals surface area contributed by atoms with Gasteiger partial charge in [0.1, 0.15) is 36.0 Å². The number of cyclic esters (lactones) is 1. The minimum atomic E-state index is -1.72. The molecule has 2 amide bonds. The third kappa shape index (κ3) is 6.94. The summed E-state index contributed by atoms with van der Waals surface area (Å²) in [5, 5.41) is 24.3. The summed E-state index contributed by atoms with van der Waals surface area (Å²) in [5.74, 6) is 3.56. The molecule has 3 aliphatic heterocycles. The second-order valence-corrected chi connectivity index (χ2v) is 14.4. The predicted molar refractivity (Wildman–Crippen MR) is 209 cm³/mol. The van der Waals surface area contributed by atoms with Crippen LogP contribution >= 0.6 is 0 Å². The molecule has 2 fully saturated rings. The Bertz CT molecular complexity index is 2100. The summed E-state index contributed by atoms with van der Waals surface area (Å²) in [4.78, 5) is 52.5. The Morgan fingerprint density at radius 2 is 1.64 bits per heavy atom. The first-order valence-corrected chi connectivity index (χ1v) is 19.1. The molecular formula is C45H47N3O8. The van der Waals surface area contributed by atoms with Gasteiger partial charge in [-0.15, -0.1) is 0 Å². The number of hydrogen-bond donors (Lipinski definition) is 3. The minimum Gasteiger partial charge on any atom is -0.491 e. The fourth-order valence-corrected chi connectivity index (χ4v) is 8.67. The quantitative estimate of drug-likeness (QED) is 0.0726. The number of amides is 2. The maximum Gasteiger partial charge on any atom is 0.324 e. The fourth-order valence-electron chi connectivity index (χ4n) is 8.67. The van der Waals surface area contributed by atoms with E-state index >= 15 is 4.79 Å². The van der Waals surface area contributed by atoms with Crippen molar-refractivity contribution in [2.75, 3.05) is 32.7 Å². The average molecular weight is 758 g/mol. The van der Waals surface area contributed by atoms with Gasteiger partial charge in [0.25, 0.3) is 5.91 Å². The Morgan fingerprint density at radius 3 is 2.30 bits per heavy atom. The SMILES string of the molecule is CCCCC[C@H](O)C#Cc1ccc2c(c1)[C@]1(C(=O)N2)[C@H](c2ccc(OCCO)cc2)N2C(C(=O)O[C@@H](c3ccccc3)[C@H]2c2ccccc2)[C@@H]1C(=O)N(C)OC. The van der Waals surface area contributed by atoms with E-state index in [-0.39, 0.29) is 13.2 Å². The Balaban J connectivity index is 1.50. The maximum absolute atomic E-state index is 15.2. The van der Waals surface area contributed by atoms with E-state index in [0.29, 0.717) is 34.5 Å². The van der Waals surface area contributed by atoms with Crippen LogP contribution in [0.2, 0.25) is 0 Å². The number of benzene rings is 4. The van der Waals surface area contributed by atoms with Gasteiger partial charge in [-0.05, 0) is 65.4 Å². The van der Waals surface area contributed by atoms with E-state index in [0.717, 1.165) is 35.5 Å². The number of ether oxygens (including phenoxy) is 2. The topological polar surface area (TPSA) is 138 Å². The van der Waals surface area contributed by atoms with Crippen LogP contribution in [0.3, 0.4) is 0 Å². The summed E-state index contributed by atoms with van der Waals surface area (Å²) in [6.07, 6.45) is 1.76. The summed E-state index contributed by atoms with van der Waals surface area (Å²) in [7, 11) is 2.83. The highest BCUT2D eigenvalue weighted by Gasteiger charge is 2.74. The normalized spacial score (nSPS) is 24.3. The first kappa shape index (κ1) is 38.8. The van der Waals surface area contributed by atoms with Gasteiger partial charge in [0.2, 0.25) is 5.91 Å². The van der Waals surface area contributed by atoms with Gasteiger partial charge in [-0.2, -0.15) is 0 Å². The lowest BCUT2D eigenvalue weighted by Gasteiger charge is -2.46. The van der Waals surface area contributed by atoms with Gasteiger partial charge in [-0.25, -0.2) is 5.06 Å². The molecule has 7 atom stereocenters. The second kappa shape index (κ2) is 16.7. The van der Waals surface area contributed by atoms with Crippen LogP contribution in [0.4, 0.5) is 5.69 Å². The van der Waals surface area contributed by atoms with Crippen molar-refractivity contribution in [3.63, 3.8) is 0 Å². The van der Waals surface area contributed by atoms with Crippen LogP contribution in [0.25, 0.3) is 0 Å². The summed E-state index contributed by atoms with van der Waals surface area (Å²) >= 11 is 0. The molecule has 3 N–H and O–H groups in total. The van der Waals surface area contributed by atoms with E-state index in [2.05, 4.69) is 24.1 Å². The van der Waals surface area contributed by atoms with Crippen LogP contribution in [0.5, 0.6) is 5.75 Å². The highest BCUT2D eigenvalue weighted by molar-refractivity contribution is 6.12. The molecule has 0 saturated carbocycles. The van der Waals surface area contributed by atoms with Gasteiger partial charge in [-0.1, -0.05) is 104 Å². The Hall–Kier alpha value is -5.51. The monoisotopic (exact) mass is 757 g/mol. The highest BCUT2D eigenvalue weighted by Crippen LogP contribution is 2.65. The molecule has 1 unspecified atom stereocenters. The van der Waals surface area contributed by atoms with Crippen molar-refractivity contribution in [3.05, 3.63) is 131 Å². The number of anilines is 1. The van der Waals surface area contributed by atoms with Crippen LogP contribution < -0.4 is 10.1 Å². The van der Waals surface area contributed by atoms with E-state index in [9.17, 15) is 19.8 Å². The molecule has 3 aliphatic rings. The number of morpholine rings is 1. The van der Waals surface area contributed by atoms with E-state index < -0.39 is 59.5 Å². The molecule has 0 aliphatic carbocycles. The van der Waals surface area contributed by atoms with Crippen LogP contribution in [0, 0.1) is 17.8 Å². The molecule has 290 valence electrons. The Morgan fingerprint density at radius 1 is 0.946 bits per heavy atom. The van der Waals surface area contributed by atoms with Crippen LogP contribution in [-0.2, 0) is 29.4 Å². The highest BCUT2D eigenvalue weighted by atomic mass is 16.7. The van der Waals surface area contributed by atoms with Gasteiger partial charge in [0, 0.05) is 18.3 Å². The molecule has 11 nitrogen and oxygen atoms in total. The molecule has 2 saturated heterocycles. The molecule has 11 heteroatoms. The smallest absolute Gasteiger partial charge is 0.324 e. The van der Waals surface area contributed by atoms with Gasteiger partial charge in [0.15, 0.2) is 0 Å². The first-order chi connectivity index (χ1) is 27.2. The Kier molecular flexibility index (Phi) is 11.6. The number of nitrogens with zero attached hydrogens (tertiary/aromatic N) is 2. The van der Waals surface area contributed by atoms with Gasteiger partial charge >= 0.3 is 5.97 Å². The standard InChI is InChI=1S/C45H47N3O8/c1-4-5-8-17-33(50)22-18-29-19-25-36-35(28-29)45(44(53)46-36)37(42(51)47(2)54-3)39-43(52)56-40(31-15-11-7-12-16-31)38(30-13-9-6-10-14-30)48(39)41(45)32-20-23-34(24-21-32)55-27-26-49/h6-7,9-16,19-21,23-25,28,33,37-41,49-50H,4-5,8,17,26-27H2,1-3H3,(H,46,53)/t33-,37+,38+,39?,40-,41-,45+/m0/s1. The fraction of sp³-hybridized carbons (Fsp3) is 0.356. The van der Waals surface area contributed by atoms with E-state index in [4.69, 9.17) is 14.3 Å². The van der Waals surface area contributed by atoms with Crippen molar-refractivity contribution in [3.8, 4) is 17.6 Å². The van der Waals surface area contributed by atoms with Crippen LogP contribution in [-0.4, -0.2) is 77.5 Å². The molecule has 3 heterocycles. The lowest BCUT2D eigenvalue weighted by atomic mass is 9.65. The number of aliphatic hydroxyl groups is 2. The van der Waals surface area contributed by atoms with E-state index in [1.54, 1.807) is 30.3 Å². The van der Waals surface area contributed by atoms with Crippen molar-refractivity contribution in [2.24, 2.45) is 5.92 Å². The number of hydrogen-bond acceptors (Lipinski definition) is 9. The number of aliphatic hydroxyl groups excluding tert-OH is 2. The van der Waals surface area contributed by atoms with Crippen molar-refractivity contribution in [2.45, 2.75) is 68.4 Å². The third-order valence-electron chi connectivity index (χ3n) is 11.2. The van der Waals surface area contributed by atoms with Gasteiger partial charge in [0.05, 0.1) is 31.7 Å². The molecule has 4 aromatic rings. The first-order valence-electron chi connectivity index (χ1n) is 19.1. The van der Waals surface area contributed by atoms with E-state index in [1.165, 1.54) is 14.2 Å². The minimum absolute atomic E-state index is 0.0917. The van der Waals surface area contributed by atoms with E-state index in [1.807, 2.05) is 77.7 Å². The number of unbranched alkanes of at least 4 members (excludes halogenated alkanes) is 2. The molecular weight excluding hydrogens is 711 g/mol. The predicted octanol–water partition coefficient (Wildman–Crippen LogP) is 5.64. The number of carbonyl (C=O) groups is 3. The summed E-state index contributed by atoms with van der Waals surface area (Å²) in [5.41, 5.74) is 2.03. The maximum atomic E-state index is 15.2.